The van der Waals surface area contributed by atoms with Gasteiger partial charge in [0.2, 0.25) is 11.8 Å². The van der Waals surface area contributed by atoms with Gasteiger partial charge in [-0.3, -0.25) is 38.6 Å². The lowest BCUT2D eigenvalue weighted by atomic mass is 9.86. The van der Waals surface area contributed by atoms with Crippen molar-refractivity contribution in [3.05, 3.63) is 12.2 Å². The summed E-state index contributed by atoms with van der Waals surface area (Å²) in [5.74, 6) is -0.904. The Morgan fingerprint density at radius 3 is 0.786 bits per heavy atom. The molecule has 2 amide bonds. The Labute approximate surface area is 693 Å². The number of hydrogen-bond donors (Lipinski definition) is 2. The topological polar surface area (TPSA) is 170 Å². The molecule has 14 heteroatoms. The zero-order valence-corrected chi connectivity index (χ0v) is 76.4. The molecule has 112 heavy (non-hydrogen) atoms. The van der Waals surface area contributed by atoms with Gasteiger partial charge in [0.25, 0.3) is 0 Å². The zero-order chi connectivity index (χ0) is 82.5. The van der Waals surface area contributed by atoms with Crippen molar-refractivity contribution in [1.82, 2.24) is 20.4 Å². The minimum atomic E-state index is -0.536. The van der Waals surface area contributed by atoms with Gasteiger partial charge < -0.3 is 29.6 Å². The first kappa shape index (κ1) is 108. The van der Waals surface area contributed by atoms with Crippen molar-refractivity contribution in [1.29, 1.82) is 0 Å². The summed E-state index contributed by atoms with van der Waals surface area (Å²) in [5.41, 5.74) is -1.07. The van der Waals surface area contributed by atoms with Crippen LogP contribution in [0.1, 0.15) is 494 Å². The number of carbonyl (C=O) groups excluding carboxylic acids is 6. The molecule has 0 aromatic rings. The van der Waals surface area contributed by atoms with Gasteiger partial charge in [-0.05, 0) is 183 Å². The standard InChI is InChI=1S/C98H188N4O10/c1-13-19-25-31-37-39-41-51-67-83-109-93(105)73-59-53-65-81-101(79-63-49-47-61-77-97(9,10)95(107)111-89(69-55-43-33-27-21-15-3)70-56-44-34-28-22-16-4)87(7)85-99-91(103)75-76-92(104)100-86-88(8)102(82-66-54-60-74-94(106)110-84-68-52-42-40-38-32-26-20-14-2)80-64-50-48-62-78-98(11,12)96(108)112-90(71-57-45-35-29-23-17-5)72-58-46-36-30-24-18-6/h75-76,87-90H,13-74,77-86H2,1-12H3,(H,99,103)(H,100,104)/b76-75+. The van der Waals surface area contributed by atoms with Gasteiger partial charge in [0.15, 0.2) is 0 Å². The molecule has 0 aliphatic carbocycles. The van der Waals surface area contributed by atoms with E-state index in [0.29, 0.717) is 39.1 Å². The smallest absolute Gasteiger partial charge is 0.311 e. The Bertz CT molecular complexity index is 2010. The lowest BCUT2D eigenvalue weighted by Crippen LogP contribution is -2.43. The third-order valence-electron chi connectivity index (χ3n) is 23.6. The van der Waals surface area contributed by atoms with Crippen LogP contribution in [0.4, 0.5) is 0 Å². The fourth-order valence-electron chi connectivity index (χ4n) is 15.4. The van der Waals surface area contributed by atoms with Gasteiger partial charge in [-0.1, -0.05) is 324 Å². The van der Waals surface area contributed by atoms with Gasteiger partial charge in [0.1, 0.15) is 12.2 Å². The summed E-state index contributed by atoms with van der Waals surface area (Å²) >= 11 is 0. The van der Waals surface area contributed by atoms with E-state index in [1.807, 2.05) is 0 Å². The molecule has 2 N–H and O–H groups in total. The summed E-state index contributed by atoms with van der Waals surface area (Å²) in [4.78, 5) is 84.9. The monoisotopic (exact) mass is 1580 g/mol. The van der Waals surface area contributed by atoms with E-state index in [2.05, 4.69) is 104 Å². The predicted molar refractivity (Wildman–Crippen MR) is 476 cm³/mol. The second kappa shape index (κ2) is 78.6. The minimum absolute atomic E-state index is 0.0103. The molecule has 0 aliphatic rings. The van der Waals surface area contributed by atoms with E-state index >= 15 is 0 Å². The van der Waals surface area contributed by atoms with Gasteiger partial charge in [0.05, 0.1) is 24.0 Å². The van der Waals surface area contributed by atoms with Crippen LogP contribution in [-0.2, 0) is 47.7 Å². The van der Waals surface area contributed by atoms with Crippen LogP contribution in [-0.4, -0.2) is 122 Å². The van der Waals surface area contributed by atoms with E-state index in [1.165, 1.54) is 230 Å². The molecule has 0 bridgehead atoms. The van der Waals surface area contributed by atoms with E-state index in [1.54, 1.807) is 0 Å². The first-order chi connectivity index (χ1) is 54.3. The van der Waals surface area contributed by atoms with Gasteiger partial charge in [-0.2, -0.15) is 0 Å². The minimum Gasteiger partial charge on any atom is -0.466 e. The normalized spacial score (nSPS) is 12.6. The van der Waals surface area contributed by atoms with Gasteiger partial charge in [-0.25, -0.2) is 0 Å². The maximum absolute atomic E-state index is 13.8. The van der Waals surface area contributed by atoms with E-state index in [-0.39, 0.29) is 60.0 Å². The Balaban J connectivity index is 5.85. The van der Waals surface area contributed by atoms with Gasteiger partial charge in [-0.15, -0.1) is 0 Å². The van der Waals surface area contributed by atoms with E-state index in [9.17, 15) is 28.8 Å². The summed E-state index contributed by atoms with van der Waals surface area (Å²) < 4.78 is 24.0. The number of hydrogen-bond acceptors (Lipinski definition) is 12. The molecule has 0 spiro atoms. The van der Waals surface area contributed by atoms with Crippen LogP contribution in [0.3, 0.4) is 0 Å². The predicted octanol–water partition coefficient (Wildman–Crippen LogP) is 27.2. The first-order valence-electron chi connectivity index (χ1n) is 48.8. The number of amides is 2. The van der Waals surface area contributed by atoms with Crippen molar-refractivity contribution in [3.8, 4) is 0 Å². The van der Waals surface area contributed by atoms with Gasteiger partial charge in [0, 0.05) is 50.2 Å². The number of carbonyl (C=O) groups is 6. The van der Waals surface area contributed by atoms with Crippen LogP contribution >= 0.6 is 0 Å². The summed E-state index contributed by atoms with van der Waals surface area (Å²) in [6.45, 7) is 31.5. The summed E-state index contributed by atoms with van der Waals surface area (Å²) in [7, 11) is 0. The van der Waals surface area contributed by atoms with Crippen LogP contribution in [0.2, 0.25) is 0 Å². The summed E-state index contributed by atoms with van der Waals surface area (Å²) in [6, 6.07) is 0.0914. The van der Waals surface area contributed by atoms with Crippen LogP contribution < -0.4 is 10.6 Å². The van der Waals surface area contributed by atoms with Crippen molar-refractivity contribution in [2.75, 3.05) is 52.5 Å². The van der Waals surface area contributed by atoms with Crippen molar-refractivity contribution in [2.24, 2.45) is 10.8 Å². The maximum atomic E-state index is 13.8. The highest BCUT2D eigenvalue weighted by Gasteiger charge is 2.33. The number of nitrogens with zero attached hydrogens (tertiary/aromatic N) is 2. The maximum Gasteiger partial charge on any atom is 0.311 e. The van der Waals surface area contributed by atoms with Crippen LogP contribution in [0, 0.1) is 10.8 Å². The highest BCUT2D eigenvalue weighted by molar-refractivity contribution is 5.96. The van der Waals surface area contributed by atoms with E-state index in [0.717, 1.165) is 206 Å². The molecule has 0 heterocycles. The molecule has 0 saturated heterocycles. The molecule has 0 saturated carbocycles. The van der Waals surface area contributed by atoms with E-state index < -0.39 is 10.8 Å². The first-order valence-corrected chi connectivity index (χ1v) is 48.8. The molecular weight excluding hydrogens is 1390 g/mol. The highest BCUT2D eigenvalue weighted by atomic mass is 16.6. The fraction of sp³-hybridized carbons (Fsp3) is 0.918. The summed E-state index contributed by atoms with van der Waals surface area (Å²) in [6.07, 6.45) is 74.2. The number of ether oxygens (including phenoxy) is 4. The summed E-state index contributed by atoms with van der Waals surface area (Å²) in [5, 5.41) is 6.19. The van der Waals surface area contributed by atoms with Gasteiger partial charge >= 0.3 is 23.9 Å². The largest absolute Gasteiger partial charge is 0.466 e. The second-order valence-corrected chi connectivity index (χ2v) is 35.7. The third kappa shape index (κ3) is 68.5. The zero-order valence-electron chi connectivity index (χ0n) is 76.4. The molecule has 0 radical (unpaired) electrons. The van der Waals surface area contributed by atoms with Crippen molar-refractivity contribution in [3.63, 3.8) is 0 Å². The van der Waals surface area contributed by atoms with E-state index in [4.69, 9.17) is 18.9 Å². The number of rotatable bonds is 86. The number of unbranched alkanes of at least 4 members (excludes halogenated alkanes) is 46. The Morgan fingerprint density at radius 2 is 0.518 bits per heavy atom. The Kier molecular flexibility index (Phi) is 76.2. The van der Waals surface area contributed by atoms with Crippen LogP contribution in [0.5, 0.6) is 0 Å². The second-order valence-electron chi connectivity index (χ2n) is 35.7. The molecule has 14 nitrogen and oxygen atoms in total. The molecule has 2 unspecified atom stereocenters. The number of nitrogens with one attached hydrogen (secondary N) is 2. The number of esters is 4. The lowest BCUT2D eigenvalue weighted by molar-refractivity contribution is -0.161. The molecule has 660 valence electrons. The third-order valence-corrected chi connectivity index (χ3v) is 23.6. The molecular formula is C98H188N4O10. The molecule has 0 fully saturated rings. The van der Waals surface area contributed by atoms with Crippen molar-refractivity contribution in [2.45, 2.75) is 518 Å². The SMILES string of the molecule is CCCCCCCCCCCOC(=O)CCCCCN(CCCCCCC(C)(C)C(=O)OC(CCCCCCCC)CCCCCCCC)C(C)CNC(=O)/C=C/C(=O)NCC(C)N(CCCCCCC(C)(C)C(=O)OC(CCCCCCCC)CCCCCCCC)CCCCCC(=O)OCCCCCCCCCCC. The van der Waals surface area contributed by atoms with Crippen molar-refractivity contribution >= 4 is 35.7 Å². The van der Waals surface area contributed by atoms with Crippen molar-refractivity contribution < 1.29 is 47.7 Å². The highest BCUT2D eigenvalue weighted by Crippen LogP contribution is 2.31. The van der Waals surface area contributed by atoms with Crippen LogP contribution in [0.15, 0.2) is 12.2 Å². The molecule has 0 aliphatic heterocycles. The molecule has 0 rings (SSSR count). The quantitative estimate of drug-likeness (QED) is 0.0256. The molecule has 2 atom stereocenters. The average Bonchev–Trinajstić information content (AvgIpc) is 0.878. The Morgan fingerprint density at radius 1 is 0.295 bits per heavy atom. The Hall–Kier alpha value is -3.52. The van der Waals surface area contributed by atoms with Crippen LogP contribution in [0.25, 0.3) is 0 Å². The molecule has 0 aromatic heterocycles. The average molecular weight is 1580 g/mol. The lowest BCUT2D eigenvalue weighted by Gasteiger charge is -2.29. The molecule has 0 aromatic carbocycles. The fourth-order valence-corrected chi connectivity index (χ4v) is 15.4.